The van der Waals surface area contributed by atoms with Crippen LogP contribution in [0, 0.1) is 13.8 Å². The van der Waals surface area contributed by atoms with Crippen LogP contribution in [0.1, 0.15) is 49.5 Å². The molecule has 0 saturated heterocycles. The molecule has 1 N–H and O–H groups in total. The summed E-state index contributed by atoms with van der Waals surface area (Å²) in [4.78, 5) is 17.1. The summed E-state index contributed by atoms with van der Waals surface area (Å²) in [6.07, 6.45) is 6.22. The second kappa shape index (κ2) is 8.68. The third-order valence-electron chi connectivity index (χ3n) is 4.85. The van der Waals surface area contributed by atoms with Crippen molar-refractivity contribution in [3.63, 3.8) is 0 Å². The SMILES string of the molecule is Cc1nc(SCC(=O)Nc2cccc(Cl)c2Cl)n(C2CCCCC2)c1C. The zero-order valence-corrected chi connectivity index (χ0v) is 17.3. The van der Waals surface area contributed by atoms with Crippen LogP contribution in [-0.2, 0) is 4.79 Å². The van der Waals surface area contributed by atoms with Gasteiger partial charge in [-0.3, -0.25) is 4.79 Å². The van der Waals surface area contributed by atoms with E-state index < -0.39 is 0 Å². The lowest BCUT2D eigenvalue weighted by molar-refractivity contribution is -0.113. The second-order valence-electron chi connectivity index (χ2n) is 6.67. The molecule has 1 fully saturated rings. The molecule has 0 radical (unpaired) electrons. The Labute approximate surface area is 168 Å². The van der Waals surface area contributed by atoms with Crippen LogP contribution in [0.5, 0.6) is 0 Å². The Bertz CT molecular complexity index is 800. The van der Waals surface area contributed by atoms with E-state index in [0.29, 0.717) is 21.8 Å². The number of benzene rings is 1. The van der Waals surface area contributed by atoms with Gasteiger partial charge in [0.25, 0.3) is 0 Å². The summed E-state index contributed by atoms with van der Waals surface area (Å²) in [5, 5.41) is 4.55. The van der Waals surface area contributed by atoms with Crippen LogP contribution in [-0.4, -0.2) is 21.2 Å². The van der Waals surface area contributed by atoms with E-state index in [0.717, 1.165) is 10.9 Å². The number of rotatable bonds is 5. The van der Waals surface area contributed by atoms with Crippen molar-refractivity contribution in [2.75, 3.05) is 11.1 Å². The molecule has 1 amide bonds. The molecule has 1 aromatic carbocycles. The van der Waals surface area contributed by atoms with Crippen molar-refractivity contribution in [1.29, 1.82) is 0 Å². The van der Waals surface area contributed by atoms with E-state index in [-0.39, 0.29) is 11.7 Å². The van der Waals surface area contributed by atoms with Gasteiger partial charge in [-0.1, -0.05) is 60.3 Å². The van der Waals surface area contributed by atoms with Crippen LogP contribution < -0.4 is 5.32 Å². The normalized spacial score (nSPS) is 15.2. The monoisotopic (exact) mass is 411 g/mol. The Morgan fingerprint density at radius 1 is 1.27 bits per heavy atom. The van der Waals surface area contributed by atoms with Crippen molar-refractivity contribution >= 4 is 46.6 Å². The molecule has 3 rings (SSSR count). The van der Waals surface area contributed by atoms with Gasteiger partial charge in [0.15, 0.2) is 5.16 Å². The van der Waals surface area contributed by atoms with Gasteiger partial charge in [0.05, 0.1) is 27.2 Å². The van der Waals surface area contributed by atoms with Crippen molar-refractivity contribution in [2.45, 2.75) is 57.1 Å². The third kappa shape index (κ3) is 4.38. The number of aromatic nitrogens is 2. The zero-order chi connectivity index (χ0) is 18.7. The Kier molecular flexibility index (Phi) is 6.54. The van der Waals surface area contributed by atoms with Gasteiger partial charge in [0, 0.05) is 11.7 Å². The van der Waals surface area contributed by atoms with Crippen LogP contribution >= 0.6 is 35.0 Å². The Balaban J connectivity index is 1.68. The summed E-state index contributed by atoms with van der Waals surface area (Å²) in [5.74, 6) is 0.165. The number of imidazole rings is 1. The molecular formula is C19H23Cl2N3OS. The van der Waals surface area contributed by atoms with E-state index in [9.17, 15) is 4.79 Å². The van der Waals surface area contributed by atoms with Gasteiger partial charge in [-0.15, -0.1) is 0 Å². The number of thioether (sulfide) groups is 1. The van der Waals surface area contributed by atoms with Crippen LogP contribution in [0.3, 0.4) is 0 Å². The summed E-state index contributed by atoms with van der Waals surface area (Å²) in [5.41, 5.74) is 2.78. The quantitative estimate of drug-likeness (QED) is 0.609. The molecule has 0 aliphatic heterocycles. The van der Waals surface area contributed by atoms with E-state index in [2.05, 4.69) is 16.8 Å². The predicted octanol–water partition coefficient (Wildman–Crippen LogP) is 6.04. The van der Waals surface area contributed by atoms with E-state index in [4.69, 9.17) is 28.2 Å². The van der Waals surface area contributed by atoms with E-state index in [1.165, 1.54) is 49.6 Å². The molecule has 4 nitrogen and oxygen atoms in total. The average molecular weight is 412 g/mol. The lowest BCUT2D eigenvalue weighted by Crippen LogP contribution is -2.17. The van der Waals surface area contributed by atoms with Crippen molar-refractivity contribution < 1.29 is 4.79 Å². The van der Waals surface area contributed by atoms with Crippen LogP contribution in [0.25, 0.3) is 0 Å². The molecule has 0 atom stereocenters. The molecule has 7 heteroatoms. The smallest absolute Gasteiger partial charge is 0.234 e. The molecule has 1 heterocycles. The summed E-state index contributed by atoms with van der Waals surface area (Å²) in [6.45, 7) is 4.15. The van der Waals surface area contributed by atoms with Crippen molar-refractivity contribution in [1.82, 2.24) is 9.55 Å². The Hall–Kier alpha value is -1.17. The fraction of sp³-hybridized carbons (Fsp3) is 0.474. The summed E-state index contributed by atoms with van der Waals surface area (Å²) in [7, 11) is 0. The zero-order valence-electron chi connectivity index (χ0n) is 15.0. The Morgan fingerprint density at radius 3 is 2.73 bits per heavy atom. The summed E-state index contributed by atoms with van der Waals surface area (Å²) in [6, 6.07) is 5.70. The number of carbonyl (C=O) groups excluding carboxylic acids is 1. The predicted molar refractivity (Wildman–Crippen MR) is 110 cm³/mol. The number of carbonyl (C=O) groups is 1. The average Bonchev–Trinajstić information content (AvgIpc) is 2.92. The van der Waals surface area contributed by atoms with Gasteiger partial charge >= 0.3 is 0 Å². The molecule has 1 saturated carbocycles. The van der Waals surface area contributed by atoms with Crippen LogP contribution in [0.2, 0.25) is 10.0 Å². The molecule has 0 bridgehead atoms. The first-order chi connectivity index (χ1) is 12.5. The molecule has 2 aromatic rings. The van der Waals surface area contributed by atoms with Gasteiger partial charge < -0.3 is 9.88 Å². The standard InChI is InChI=1S/C19H23Cl2N3OS/c1-12-13(2)24(14-7-4-3-5-8-14)19(22-12)26-11-17(25)23-16-10-6-9-15(20)18(16)21/h6,9-10,14H,3-5,7-8,11H2,1-2H3,(H,23,25). The first kappa shape index (κ1) is 19.6. The van der Waals surface area contributed by atoms with E-state index in [1.54, 1.807) is 18.2 Å². The molecule has 26 heavy (non-hydrogen) atoms. The van der Waals surface area contributed by atoms with Gasteiger partial charge in [0.2, 0.25) is 5.91 Å². The molecular weight excluding hydrogens is 389 g/mol. The van der Waals surface area contributed by atoms with E-state index in [1.807, 2.05) is 6.92 Å². The van der Waals surface area contributed by atoms with Gasteiger partial charge in [0.1, 0.15) is 0 Å². The maximum Gasteiger partial charge on any atom is 0.234 e. The highest BCUT2D eigenvalue weighted by molar-refractivity contribution is 7.99. The molecule has 140 valence electrons. The topological polar surface area (TPSA) is 46.9 Å². The highest BCUT2D eigenvalue weighted by atomic mass is 35.5. The minimum Gasteiger partial charge on any atom is -0.324 e. The molecule has 1 aromatic heterocycles. The largest absolute Gasteiger partial charge is 0.324 e. The summed E-state index contributed by atoms with van der Waals surface area (Å²) >= 11 is 13.6. The fourth-order valence-electron chi connectivity index (χ4n) is 3.38. The first-order valence-electron chi connectivity index (χ1n) is 8.89. The number of anilines is 1. The molecule has 0 spiro atoms. The first-order valence-corrected chi connectivity index (χ1v) is 10.6. The fourth-order valence-corrected chi connectivity index (χ4v) is 4.69. The van der Waals surface area contributed by atoms with Gasteiger partial charge in [-0.05, 0) is 38.8 Å². The van der Waals surface area contributed by atoms with Crippen molar-refractivity contribution in [2.24, 2.45) is 0 Å². The van der Waals surface area contributed by atoms with Gasteiger partial charge in [-0.25, -0.2) is 4.98 Å². The number of halogens is 2. The third-order valence-corrected chi connectivity index (χ3v) is 6.62. The maximum absolute atomic E-state index is 12.4. The second-order valence-corrected chi connectivity index (χ2v) is 8.39. The number of nitrogens with zero attached hydrogens (tertiary/aromatic N) is 2. The lowest BCUT2D eigenvalue weighted by Gasteiger charge is -2.26. The lowest BCUT2D eigenvalue weighted by atomic mass is 9.95. The number of nitrogens with one attached hydrogen (secondary N) is 1. The summed E-state index contributed by atoms with van der Waals surface area (Å²) < 4.78 is 2.33. The van der Waals surface area contributed by atoms with Gasteiger partial charge in [-0.2, -0.15) is 0 Å². The molecule has 1 aliphatic rings. The number of hydrogen-bond acceptors (Lipinski definition) is 3. The molecule has 0 unspecified atom stereocenters. The number of aryl methyl sites for hydroxylation is 1. The maximum atomic E-state index is 12.4. The number of hydrogen-bond donors (Lipinski definition) is 1. The van der Waals surface area contributed by atoms with Crippen molar-refractivity contribution in [3.8, 4) is 0 Å². The van der Waals surface area contributed by atoms with Crippen molar-refractivity contribution in [3.05, 3.63) is 39.6 Å². The minimum atomic E-state index is -0.118. The van der Waals surface area contributed by atoms with Crippen LogP contribution in [0.4, 0.5) is 5.69 Å². The van der Waals surface area contributed by atoms with Crippen LogP contribution in [0.15, 0.2) is 23.4 Å². The Morgan fingerprint density at radius 2 is 2.00 bits per heavy atom. The highest BCUT2D eigenvalue weighted by Crippen LogP contribution is 2.34. The van der Waals surface area contributed by atoms with E-state index >= 15 is 0 Å². The highest BCUT2D eigenvalue weighted by Gasteiger charge is 2.22. The molecule has 1 aliphatic carbocycles. The number of amides is 1. The minimum absolute atomic E-state index is 0.118.